The van der Waals surface area contributed by atoms with Gasteiger partial charge in [0.15, 0.2) is 5.78 Å². The molecule has 3 heteroatoms. The van der Waals surface area contributed by atoms with Gasteiger partial charge in [-0.2, -0.15) is 0 Å². The van der Waals surface area contributed by atoms with Gasteiger partial charge < -0.3 is 5.11 Å². The fourth-order valence-corrected chi connectivity index (χ4v) is 3.63. The molecule has 0 amide bonds. The summed E-state index contributed by atoms with van der Waals surface area (Å²) in [6, 6.07) is 0. The van der Waals surface area contributed by atoms with E-state index in [4.69, 9.17) is 0 Å². The van der Waals surface area contributed by atoms with Crippen LogP contribution in [0.15, 0.2) is 22.8 Å². The first-order valence-electron chi connectivity index (χ1n) is 7.12. The molecule has 0 aromatic rings. The Hall–Kier alpha value is -0.410. The molecule has 0 saturated heterocycles. The van der Waals surface area contributed by atoms with Gasteiger partial charge in [0.25, 0.3) is 0 Å². The number of hydrogen-bond donors (Lipinski definition) is 1. The minimum atomic E-state index is -0.316. The first-order valence-corrected chi connectivity index (χ1v) is 8.04. The zero-order valence-electron chi connectivity index (χ0n) is 12.0. The van der Waals surface area contributed by atoms with Gasteiger partial charge in [-0.25, -0.2) is 0 Å². The van der Waals surface area contributed by atoms with Crippen LogP contribution in [0.5, 0.6) is 0 Å². The molecule has 0 radical (unpaired) electrons. The SMILES string of the molecule is CC1=C2CCC[C@H](O)[C@@]2(C)CC(=CCC(C)Br)C1=O. The molecule has 1 unspecified atom stereocenters. The lowest BCUT2D eigenvalue weighted by Gasteiger charge is -2.45. The number of ketones is 1. The minimum Gasteiger partial charge on any atom is -0.392 e. The van der Waals surface area contributed by atoms with Gasteiger partial charge in [-0.15, -0.1) is 0 Å². The van der Waals surface area contributed by atoms with Gasteiger partial charge in [0.1, 0.15) is 0 Å². The van der Waals surface area contributed by atoms with Crippen molar-refractivity contribution in [3.63, 3.8) is 0 Å². The fourth-order valence-electron chi connectivity index (χ4n) is 3.44. The molecule has 1 N–H and O–H groups in total. The maximum absolute atomic E-state index is 12.4. The van der Waals surface area contributed by atoms with Crippen LogP contribution in [0.2, 0.25) is 0 Å². The van der Waals surface area contributed by atoms with Crippen molar-refractivity contribution in [1.82, 2.24) is 0 Å². The molecule has 2 rings (SSSR count). The molecule has 0 bridgehead atoms. The predicted octanol–water partition coefficient (Wildman–Crippen LogP) is 3.93. The van der Waals surface area contributed by atoms with Crippen molar-refractivity contribution in [3.8, 4) is 0 Å². The highest BCUT2D eigenvalue weighted by Crippen LogP contribution is 2.50. The number of rotatable bonds is 2. The third-order valence-corrected chi connectivity index (χ3v) is 5.03. The lowest BCUT2D eigenvalue weighted by Crippen LogP contribution is -2.42. The van der Waals surface area contributed by atoms with E-state index < -0.39 is 0 Å². The summed E-state index contributed by atoms with van der Waals surface area (Å²) >= 11 is 3.51. The molecule has 0 heterocycles. The summed E-state index contributed by atoms with van der Waals surface area (Å²) < 4.78 is 0. The topological polar surface area (TPSA) is 37.3 Å². The number of carbonyl (C=O) groups excluding carboxylic acids is 1. The Labute approximate surface area is 124 Å². The normalized spacial score (nSPS) is 35.5. The van der Waals surface area contributed by atoms with Crippen LogP contribution in [-0.4, -0.2) is 21.8 Å². The Morgan fingerprint density at radius 1 is 1.58 bits per heavy atom. The summed E-state index contributed by atoms with van der Waals surface area (Å²) in [6.45, 7) is 6.13. The minimum absolute atomic E-state index is 0.190. The smallest absolute Gasteiger partial charge is 0.184 e. The highest BCUT2D eigenvalue weighted by atomic mass is 79.9. The van der Waals surface area contributed by atoms with Gasteiger partial charge in [0.2, 0.25) is 0 Å². The van der Waals surface area contributed by atoms with Crippen LogP contribution < -0.4 is 0 Å². The molecule has 19 heavy (non-hydrogen) atoms. The van der Waals surface area contributed by atoms with Crippen LogP contribution in [0, 0.1) is 5.41 Å². The average molecular weight is 327 g/mol. The van der Waals surface area contributed by atoms with Crippen molar-refractivity contribution < 1.29 is 9.90 Å². The second-order valence-corrected chi connectivity index (χ2v) is 7.74. The molecule has 2 aliphatic carbocycles. The van der Waals surface area contributed by atoms with E-state index in [1.807, 2.05) is 6.92 Å². The number of Topliss-reactive ketones (excluding diaryl/α,β-unsaturated/α-hetero) is 1. The van der Waals surface area contributed by atoms with Crippen molar-refractivity contribution in [1.29, 1.82) is 0 Å². The summed E-state index contributed by atoms with van der Waals surface area (Å²) in [6.07, 6.45) is 6.10. The van der Waals surface area contributed by atoms with Gasteiger partial charge in [0, 0.05) is 10.2 Å². The van der Waals surface area contributed by atoms with Gasteiger partial charge in [-0.3, -0.25) is 4.79 Å². The Morgan fingerprint density at radius 2 is 2.26 bits per heavy atom. The molecule has 0 spiro atoms. The molecule has 1 saturated carbocycles. The number of carbonyl (C=O) groups is 1. The molecule has 0 aromatic carbocycles. The second-order valence-electron chi connectivity index (χ2n) is 6.18. The highest BCUT2D eigenvalue weighted by molar-refractivity contribution is 9.09. The second kappa shape index (κ2) is 5.53. The van der Waals surface area contributed by atoms with Gasteiger partial charge in [-0.05, 0) is 50.2 Å². The largest absolute Gasteiger partial charge is 0.392 e. The molecule has 2 nitrogen and oxygen atoms in total. The van der Waals surface area contributed by atoms with E-state index in [1.165, 1.54) is 5.57 Å². The number of hydrogen-bond acceptors (Lipinski definition) is 2. The van der Waals surface area contributed by atoms with Crippen LogP contribution >= 0.6 is 15.9 Å². The first-order chi connectivity index (χ1) is 8.86. The Bertz CT molecular complexity index is 448. The third kappa shape index (κ3) is 2.73. The molecule has 106 valence electrons. The summed E-state index contributed by atoms with van der Waals surface area (Å²) in [5, 5.41) is 10.4. The number of aliphatic hydroxyl groups excluding tert-OH is 1. The van der Waals surface area contributed by atoms with E-state index in [2.05, 4.69) is 35.9 Å². The average Bonchev–Trinajstić information content (AvgIpc) is 2.35. The lowest BCUT2D eigenvalue weighted by atomic mass is 9.61. The number of fused-ring (bicyclic) bond motifs is 1. The number of alkyl halides is 1. The molecule has 0 aromatic heterocycles. The standard InChI is InChI=1S/C16H23BrO2/c1-10(17)7-8-12-9-16(3)13(11(2)15(12)19)5-4-6-14(16)18/h8,10,14,18H,4-7,9H2,1-3H3/t10?,14-,16-/m0/s1. The van der Waals surface area contributed by atoms with Crippen LogP contribution in [0.4, 0.5) is 0 Å². The summed E-state index contributed by atoms with van der Waals surface area (Å²) in [7, 11) is 0. The van der Waals surface area contributed by atoms with Crippen molar-refractivity contribution in [2.75, 3.05) is 0 Å². The number of halogens is 1. The van der Waals surface area contributed by atoms with Crippen molar-refractivity contribution in [3.05, 3.63) is 22.8 Å². The zero-order chi connectivity index (χ0) is 14.2. The molecule has 3 atom stereocenters. The Morgan fingerprint density at radius 3 is 2.89 bits per heavy atom. The van der Waals surface area contributed by atoms with E-state index >= 15 is 0 Å². The van der Waals surface area contributed by atoms with E-state index in [0.29, 0.717) is 11.2 Å². The van der Waals surface area contributed by atoms with Gasteiger partial charge >= 0.3 is 0 Å². The predicted molar refractivity (Wildman–Crippen MR) is 81.4 cm³/mol. The third-order valence-electron chi connectivity index (χ3n) is 4.66. The number of allylic oxidation sites excluding steroid dienone is 3. The molecular formula is C16H23BrO2. The maximum atomic E-state index is 12.4. The van der Waals surface area contributed by atoms with Crippen LogP contribution in [0.3, 0.4) is 0 Å². The summed E-state index contributed by atoms with van der Waals surface area (Å²) in [5.41, 5.74) is 2.73. The van der Waals surface area contributed by atoms with Gasteiger partial charge in [-0.1, -0.05) is 41.4 Å². The zero-order valence-corrected chi connectivity index (χ0v) is 13.6. The van der Waals surface area contributed by atoms with Gasteiger partial charge in [0.05, 0.1) is 6.10 Å². The van der Waals surface area contributed by atoms with Crippen LogP contribution in [0.25, 0.3) is 0 Å². The fraction of sp³-hybridized carbons (Fsp3) is 0.688. The van der Waals surface area contributed by atoms with E-state index in [9.17, 15) is 9.90 Å². The molecule has 2 aliphatic rings. The van der Waals surface area contributed by atoms with E-state index in [-0.39, 0.29) is 17.3 Å². The van der Waals surface area contributed by atoms with E-state index in [0.717, 1.165) is 36.8 Å². The van der Waals surface area contributed by atoms with Crippen molar-refractivity contribution >= 4 is 21.7 Å². The highest BCUT2D eigenvalue weighted by Gasteiger charge is 2.45. The summed E-state index contributed by atoms with van der Waals surface area (Å²) in [5.74, 6) is 0.190. The molecule has 0 aliphatic heterocycles. The molecule has 1 fully saturated rings. The summed E-state index contributed by atoms with van der Waals surface area (Å²) in [4.78, 5) is 12.8. The Balaban J connectivity index is 2.38. The molecular weight excluding hydrogens is 304 g/mol. The van der Waals surface area contributed by atoms with Crippen molar-refractivity contribution in [2.24, 2.45) is 5.41 Å². The van der Waals surface area contributed by atoms with Crippen molar-refractivity contribution in [2.45, 2.75) is 63.8 Å². The van der Waals surface area contributed by atoms with Crippen LogP contribution in [-0.2, 0) is 4.79 Å². The van der Waals surface area contributed by atoms with Crippen LogP contribution in [0.1, 0.15) is 52.9 Å². The maximum Gasteiger partial charge on any atom is 0.184 e. The monoisotopic (exact) mass is 326 g/mol. The number of aliphatic hydroxyl groups is 1. The first kappa shape index (κ1) is 15.0. The Kier molecular flexibility index (Phi) is 4.36. The lowest BCUT2D eigenvalue weighted by molar-refractivity contribution is -0.113. The van der Waals surface area contributed by atoms with E-state index in [1.54, 1.807) is 0 Å². The quantitative estimate of drug-likeness (QED) is 0.616.